The summed E-state index contributed by atoms with van der Waals surface area (Å²) in [4.78, 5) is 2.25. The van der Waals surface area contributed by atoms with Crippen LogP contribution < -0.4 is 0 Å². The lowest BCUT2D eigenvalue weighted by molar-refractivity contribution is 0.134. The van der Waals surface area contributed by atoms with Crippen molar-refractivity contribution in [3.05, 3.63) is 34.1 Å². The average Bonchev–Trinajstić information content (AvgIpc) is 2.22. The van der Waals surface area contributed by atoms with Crippen molar-refractivity contribution >= 4 is 15.9 Å². The molecule has 96 valence electrons. The van der Waals surface area contributed by atoms with Crippen LogP contribution >= 0.6 is 15.9 Å². The predicted molar refractivity (Wildman–Crippen MR) is 74.5 cm³/mol. The molecular formula is C14H21BrFN. The maximum absolute atomic E-state index is 13.4. The maximum atomic E-state index is 13.4. The average molecular weight is 302 g/mol. The Labute approximate surface area is 112 Å². The van der Waals surface area contributed by atoms with E-state index in [1.165, 1.54) is 6.07 Å². The molecule has 0 amide bonds. The van der Waals surface area contributed by atoms with Gasteiger partial charge in [0.25, 0.3) is 0 Å². The van der Waals surface area contributed by atoms with Crippen molar-refractivity contribution in [1.82, 2.24) is 4.90 Å². The second-order valence-corrected chi connectivity index (χ2v) is 6.46. The molecular weight excluding hydrogens is 281 g/mol. The Hall–Kier alpha value is -0.410. The third-order valence-corrected chi connectivity index (χ3v) is 4.25. The molecule has 0 bridgehead atoms. The Morgan fingerprint density at radius 2 is 1.94 bits per heavy atom. The summed E-state index contributed by atoms with van der Waals surface area (Å²) in [6.07, 6.45) is 0. The van der Waals surface area contributed by atoms with Gasteiger partial charge in [0.05, 0.1) is 4.47 Å². The number of hydrogen-bond donors (Lipinski definition) is 0. The fourth-order valence-electron chi connectivity index (χ4n) is 1.74. The molecule has 1 unspecified atom stereocenters. The van der Waals surface area contributed by atoms with Crippen LogP contribution in [0.15, 0.2) is 22.7 Å². The molecule has 0 radical (unpaired) electrons. The molecule has 0 aliphatic carbocycles. The SMILES string of the molecule is CC(N(C)Cc1cccc(F)c1Br)C(C)(C)C. The highest BCUT2D eigenvalue weighted by Gasteiger charge is 2.24. The van der Waals surface area contributed by atoms with Gasteiger partial charge in [-0.2, -0.15) is 0 Å². The van der Waals surface area contributed by atoms with Crippen LogP contribution in [0.4, 0.5) is 4.39 Å². The molecule has 17 heavy (non-hydrogen) atoms. The van der Waals surface area contributed by atoms with Crippen LogP contribution in [0.5, 0.6) is 0 Å². The first-order valence-electron chi connectivity index (χ1n) is 5.86. The first-order chi connectivity index (χ1) is 7.73. The topological polar surface area (TPSA) is 3.24 Å². The summed E-state index contributed by atoms with van der Waals surface area (Å²) in [5.41, 5.74) is 1.21. The van der Waals surface area contributed by atoms with Crippen molar-refractivity contribution in [2.24, 2.45) is 5.41 Å². The summed E-state index contributed by atoms with van der Waals surface area (Å²) in [7, 11) is 2.08. The summed E-state index contributed by atoms with van der Waals surface area (Å²) in [5.74, 6) is -0.195. The molecule has 1 aromatic carbocycles. The van der Waals surface area contributed by atoms with Gasteiger partial charge in [0.15, 0.2) is 0 Å². The number of halogens is 2. The van der Waals surface area contributed by atoms with E-state index in [1.807, 2.05) is 6.07 Å². The van der Waals surface area contributed by atoms with Crippen LogP contribution in [0, 0.1) is 11.2 Å². The van der Waals surface area contributed by atoms with Gasteiger partial charge in [-0.15, -0.1) is 0 Å². The van der Waals surface area contributed by atoms with E-state index in [1.54, 1.807) is 6.07 Å². The van der Waals surface area contributed by atoms with Crippen LogP contribution in [-0.2, 0) is 6.54 Å². The Morgan fingerprint density at radius 3 is 2.47 bits per heavy atom. The van der Waals surface area contributed by atoms with Crippen LogP contribution in [0.2, 0.25) is 0 Å². The van der Waals surface area contributed by atoms with Gasteiger partial charge in [0.2, 0.25) is 0 Å². The molecule has 0 N–H and O–H groups in total. The first-order valence-corrected chi connectivity index (χ1v) is 6.66. The minimum Gasteiger partial charge on any atom is -0.299 e. The smallest absolute Gasteiger partial charge is 0.137 e. The third-order valence-electron chi connectivity index (χ3n) is 3.37. The monoisotopic (exact) mass is 301 g/mol. The molecule has 3 heteroatoms. The van der Waals surface area contributed by atoms with E-state index in [-0.39, 0.29) is 11.2 Å². The van der Waals surface area contributed by atoms with Gasteiger partial charge in [-0.1, -0.05) is 32.9 Å². The summed E-state index contributed by atoms with van der Waals surface area (Å²) in [5, 5.41) is 0. The first kappa shape index (κ1) is 14.7. The van der Waals surface area contributed by atoms with Crippen LogP contribution in [0.1, 0.15) is 33.3 Å². The molecule has 0 fully saturated rings. The second-order valence-electron chi connectivity index (χ2n) is 5.67. The summed E-state index contributed by atoms with van der Waals surface area (Å²) < 4.78 is 14.0. The highest BCUT2D eigenvalue weighted by molar-refractivity contribution is 9.10. The lowest BCUT2D eigenvalue weighted by Crippen LogP contribution is -2.38. The highest BCUT2D eigenvalue weighted by Crippen LogP contribution is 2.27. The van der Waals surface area contributed by atoms with Crippen molar-refractivity contribution in [3.8, 4) is 0 Å². The summed E-state index contributed by atoms with van der Waals surface area (Å²) >= 11 is 3.31. The van der Waals surface area contributed by atoms with Gasteiger partial charge in [-0.05, 0) is 46.9 Å². The Bertz CT molecular complexity index is 384. The molecule has 0 saturated heterocycles. The van der Waals surface area contributed by atoms with E-state index in [9.17, 15) is 4.39 Å². The minimum absolute atomic E-state index is 0.195. The molecule has 0 aliphatic heterocycles. The van der Waals surface area contributed by atoms with Gasteiger partial charge in [0.1, 0.15) is 5.82 Å². The van der Waals surface area contributed by atoms with Crippen LogP contribution in [-0.4, -0.2) is 18.0 Å². The van der Waals surface area contributed by atoms with Crippen LogP contribution in [0.25, 0.3) is 0 Å². The normalized spacial score (nSPS) is 14.1. The molecule has 0 heterocycles. The second kappa shape index (κ2) is 5.49. The lowest BCUT2D eigenvalue weighted by atomic mass is 9.87. The van der Waals surface area contributed by atoms with E-state index in [0.717, 1.165) is 12.1 Å². The quantitative estimate of drug-likeness (QED) is 0.797. The minimum atomic E-state index is -0.195. The maximum Gasteiger partial charge on any atom is 0.137 e. The van der Waals surface area contributed by atoms with Crippen molar-refractivity contribution in [1.29, 1.82) is 0 Å². The molecule has 0 spiro atoms. The van der Waals surface area contributed by atoms with E-state index >= 15 is 0 Å². The Morgan fingerprint density at radius 1 is 1.35 bits per heavy atom. The van der Waals surface area contributed by atoms with Crippen molar-refractivity contribution in [3.63, 3.8) is 0 Å². The highest BCUT2D eigenvalue weighted by atomic mass is 79.9. The number of rotatable bonds is 3. The number of benzene rings is 1. The lowest BCUT2D eigenvalue weighted by Gasteiger charge is -2.35. The Balaban J connectivity index is 2.81. The van der Waals surface area contributed by atoms with Crippen LogP contribution in [0.3, 0.4) is 0 Å². The third kappa shape index (κ3) is 3.78. The summed E-state index contributed by atoms with van der Waals surface area (Å²) in [6.45, 7) is 9.60. The van der Waals surface area contributed by atoms with Crippen molar-refractivity contribution in [2.75, 3.05) is 7.05 Å². The van der Waals surface area contributed by atoms with Gasteiger partial charge in [-0.25, -0.2) is 4.39 Å². The summed E-state index contributed by atoms with van der Waals surface area (Å²) in [6, 6.07) is 5.61. The van der Waals surface area contributed by atoms with Gasteiger partial charge < -0.3 is 0 Å². The zero-order valence-electron chi connectivity index (χ0n) is 11.2. The van der Waals surface area contributed by atoms with E-state index in [2.05, 4.69) is 55.6 Å². The number of hydrogen-bond acceptors (Lipinski definition) is 1. The van der Waals surface area contributed by atoms with Crippen molar-refractivity contribution in [2.45, 2.75) is 40.3 Å². The van der Waals surface area contributed by atoms with Gasteiger partial charge >= 0.3 is 0 Å². The zero-order valence-corrected chi connectivity index (χ0v) is 12.8. The molecule has 0 aliphatic rings. The molecule has 1 aromatic rings. The fraction of sp³-hybridized carbons (Fsp3) is 0.571. The standard InChI is InChI=1S/C14H21BrFN/c1-10(14(2,3)4)17(5)9-11-7-6-8-12(16)13(11)15/h6-8,10H,9H2,1-5H3. The van der Waals surface area contributed by atoms with E-state index < -0.39 is 0 Å². The molecule has 0 aromatic heterocycles. The molecule has 1 nitrogen and oxygen atoms in total. The molecule has 0 saturated carbocycles. The van der Waals surface area contributed by atoms with E-state index in [0.29, 0.717) is 10.5 Å². The molecule has 1 rings (SSSR count). The van der Waals surface area contributed by atoms with Gasteiger partial charge in [-0.3, -0.25) is 4.90 Å². The predicted octanol–water partition coefficient (Wildman–Crippen LogP) is 4.45. The van der Waals surface area contributed by atoms with Gasteiger partial charge in [0, 0.05) is 12.6 Å². The fourth-order valence-corrected chi connectivity index (χ4v) is 2.13. The largest absolute Gasteiger partial charge is 0.299 e. The molecule has 1 atom stereocenters. The Kier molecular flexibility index (Phi) is 4.73. The zero-order chi connectivity index (χ0) is 13.2. The van der Waals surface area contributed by atoms with Crippen molar-refractivity contribution < 1.29 is 4.39 Å². The number of nitrogens with zero attached hydrogens (tertiary/aromatic N) is 1. The van der Waals surface area contributed by atoms with E-state index in [4.69, 9.17) is 0 Å².